The first-order valence-electron chi connectivity index (χ1n) is 5.44. The van der Waals surface area contributed by atoms with Gasteiger partial charge in [0.1, 0.15) is 5.75 Å². The monoisotopic (exact) mass is 300 g/mol. The average molecular weight is 301 g/mol. The van der Waals surface area contributed by atoms with Gasteiger partial charge < -0.3 is 15.8 Å². The van der Waals surface area contributed by atoms with Crippen molar-refractivity contribution in [2.75, 3.05) is 18.9 Å². The molecule has 0 aliphatic carbocycles. The minimum Gasteiger partial charge on any atom is -0.483 e. The third-order valence-electron chi connectivity index (χ3n) is 2.06. The van der Waals surface area contributed by atoms with Crippen molar-refractivity contribution in [3.05, 3.63) is 22.7 Å². The van der Waals surface area contributed by atoms with Crippen LogP contribution in [0.4, 0.5) is 5.69 Å². The van der Waals surface area contributed by atoms with Gasteiger partial charge in [-0.05, 0) is 34.0 Å². The molecule has 94 valence electrons. The first kappa shape index (κ1) is 13.8. The van der Waals surface area contributed by atoms with Crippen molar-refractivity contribution in [3.8, 4) is 5.75 Å². The summed E-state index contributed by atoms with van der Waals surface area (Å²) in [5.74, 6) is 0.871. The zero-order valence-corrected chi connectivity index (χ0v) is 11.6. The summed E-state index contributed by atoms with van der Waals surface area (Å²) in [6.07, 6.45) is 0. The Kier molecular flexibility index (Phi) is 5.28. The fraction of sp³-hybridized carbons (Fsp3) is 0.417. The summed E-state index contributed by atoms with van der Waals surface area (Å²) < 4.78 is 6.05. The molecule has 1 aromatic carbocycles. The molecule has 1 aromatic rings. The first-order chi connectivity index (χ1) is 8.00. The lowest BCUT2D eigenvalue weighted by atomic mass is 10.2. The van der Waals surface area contributed by atoms with Crippen LogP contribution in [0.15, 0.2) is 22.7 Å². The largest absolute Gasteiger partial charge is 0.483 e. The van der Waals surface area contributed by atoms with Crippen LogP contribution < -0.4 is 15.8 Å². The maximum Gasteiger partial charge on any atom is 0.257 e. The van der Waals surface area contributed by atoms with Gasteiger partial charge in [-0.2, -0.15) is 0 Å². The van der Waals surface area contributed by atoms with Gasteiger partial charge in [-0.15, -0.1) is 0 Å². The van der Waals surface area contributed by atoms with Gasteiger partial charge in [-0.3, -0.25) is 4.79 Å². The normalized spacial score (nSPS) is 10.4. The molecule has 0 aliphatic heterocycles. The summed E-state index contributed by atoms with van der Waals surface area (Å²) >= 11 is 3.31. The molecule has 1 rings (SSSR count). The van der Waals surface area contributed by atoms with Crippen molar-refractivity contribution in [1.82, 2.24) is 5.32 Å². The van der Waals surface area contributed by atoms with Crippen LogP contribution in [0.5, 0.6) is 5.75 Å². The number of hydrogen-bond acceptors (Lipinski definition) is 3. The number of hydrogen-bond donors (Lipinski definition) is 2. The fourth-order valence-corrected chi connectivity index (χ4v) is 1.53. The number of nitrogens with two attached hydrogens (primary N) is 1. The van der Waals surface area contributed by atoms with Gasteiger partial charge >= 0.3 is 0 Å². The molecule has 0 spiro atoms. The molecule has 5 heteroatoms. The van der Waals surface area contributed by atoms with E-state index in [0.717, 1.165) is 0 Å². The Labute approximate surface area is 110 Å². The summed E-state index contributed by atoms with van der Waals surface area (Å²) in [6, 6.07) is 5.30. The summed E-state index contributed by atoms with van der Waals surface area (Å²) in [5.41, 5.74) is 6.29. The highest BCUT2D eigenvalue weighted by atomic mass is 79.9. The molecule has 0 bridgehead atoms. The number of amides is 1. The van der Waals surface area contributed by atoms with Crippen LogP contribution in [0.3, 0.4) is 0 Å². The van der Waals surface area contributed by atoms with E-state index in [-0.39, 0.29) is 12.5 Å². The van der Waals surface area contributed by atoms with Gasteiger partial charge in [0.25, 0.3) is 5.91 Å². The summed E-state index contributed by atoms with van der Waals surface area (Å²) in [5, 5.41) is 2.78. The Morgan fingerprint density at radius 3 is 2.88 bits per heavy atom. The Bertz CT molecular complexity index is 394. The number of carbonyl (C=O) groups is 1. The molecular formula is C12H17BrN2O2. The highest BCUT2D eigenvalue weighted by Gasteiger charge is 2.07. The van der Waals surface area contributed by atoms with Gasteiger partial charge in [0.2, 0.25) is 0 Å². The molecule has 17 heavy (non-hydrogen) atoms. The van der Waals surface area contributed by atoms with Crippen LogP contribution in [0.2, 0.25) is 0 Å². The predicted molar refractivity (Wildman–Crippen MR) is 71.9 cm³/mol. The lowest BCUT2D eigenvalue weighted by Crippen LogP contribution is -2.31. The Morgan fingerprint density at radius 2 is 2.24 bits per heavy atom. The van der Waals surface area contributed by atoms with E-state index in [1.165, 1.54) is 0 Å². The number of nitrogens with one attached hydrogen (secondary N) is 1. The second-order valence-electron chi connectivity index (χ2n) is 4.15. The smallest absolute Gasteiger partial charge is 0.257 e. The van der Waals surface area contributed by atoms with E-state index < -0.39 is 0 Å². The van der Waals surface area contributed by atoms with Crippen LogP contribution in [0.1, 0.15) is 13.8 Å². The molecule has 4 nitrogen and oxygen atoms in total. The predicted octanol–water partition coefficient (Wildman–Crippen LogP) is 2.18. The minimum absolute atomic E-state index is 0.00519. The van der Waals surface area contributed by atoms with Crippen molar-refractivity contribution in [2.45, 2.75) is 13.8 Å². The average Bonchev–Trinajstić information content (AvgIpc) is 2.28. The second kappa shape index (κ2) is 6.49. The molecule has 0 unspecified atom stereocenters. The molecule has 0 atom stereocenters. The maximum atomic E-state index is 11.4. The third kappa shape index (κ3) is 4.65. The number of ether oxygens (including phenoxy) is 1. The van der Waals surface area contributed by atoms with E-state index in [1.807, 2.05) is 13.8 Å². The van der Waals surface area contributed by atoms with Crippen molar-refractivity contribution in [1.29, 1.82) is 0 Å². The third-order valence-corrected chi connectivity index (χ3v) is 2.91. The number of nitrogen functional groups attached to an aromatic ring is 1. The lowest BCUT2D eigenvalue weighted by Gasteiger charge is -2.10. The molecule has 0 fully saturated rings. The number of benzene rings is 1. The quantitative estimate of drug-likeness (QED) is 0.819. The van der Waals surface area contributed by atoms with Crippen LogP contribution in [-0.4, -0.2) is 19.1 Å². The van der Waals surface area contributed by atoms with Gasteiger partial charge in [0, 0.05) is 12.2 Å². The van der Waals surface area contributed by atoms with E-state index in [0.29, 0.717) is 28.4 Å². The van der Waals surface area contributed by atoms with E-state index in [1.54, 1.807) is 18.2 Å². The Balaban J connectivity index is 2.45. The van der Waals surface area contributed by atoms with Crippen molar-refractivity contribution < 1.29 is 9.53 Å². The topological polar surface area (TPSA) is 64.3 Å². The zero-order valence-electron chi connectivity index (χ0n) is 10.00. The highest BCUT2D eigenvalue weighted by molar-refractivity contribution is 9.10. The van der Waals surface area contributed by atoms with Crippen LogP contribution in [0, 0.1) is 5.92 Å². The summed E-state index contributed by atoms with van der Waals surface area (Å²) in [4.78, 5) is 11.4. The first-order valence-corrected chi connectivity index (χ1v) is 6.23. The molecule has 0 saturated carbocycles. The van der Waals surface area contributed by atoms with Crippen molar-refractivity contribution in [2.24, 2.45) is 5.92 Å². The Morgan fingerprint density at radius 1 is 1.53 bits per heavy atom. The molecule has 0 aliphatic rings. The van der Waals surface area contributed by atoms with E-state index in [9.17, 15) is 4.79 Å². The fourth-order valence-electron chi connectivity index (χ4n) is 1.15. The van der Waals surface area contributed by atoms with Crippen molar-refractivity contribution >= 4 is 27.5 Å². The highest BCUT2D eigenvalue weighted by Crippen LogP contribution is 2.29. The van der Waals surface area contributed by atoms with E-state index in [4.69, 9.17) is 10.5 Å². The van der Waals surface area contributed by atoms with E-state index >= 15 is 0 Å². The minimum atomic E-state index is -0.131. The van der Waals surface area contributed by atoms with Gasteiger partial charge in [-0.25, -0.2) is 0 Å². The van der Waals surface area contributed by atoms with Gasteiger partial charge in [-0.1, -0.05) is 19.9 Å². The summed E-state index contributed by atoms with van der Waals surface area (Å²) in [7, 11) is 0. The number of anilines is 1. The molecule has 3 N–H and O–H groups in total. The lowest BCUT2D eigenvalue weighted by molar-refractivity contribution is -0.123. The standard InChI is InChI=1S/C12H17BrN2O2/c1-8(2)6-15-11(16)7-17-10-5-3-4-9(14)12(10)13/h3-5,8H,6-7,14H2,1-2H3,(H,15,16). The van der Waals surface area contributed by atoms with Crippen LogP contribution in [-0.2, 0) is 4.79 Å². The van der Waals surface area contributed by atoms with Gasteiger partial charge in [0.15, 0.2) is 6.61 Å². The molecular weight excluding hydrogens is 284 g/mol. The van der Waals surface area contributed by atoms with Crippen LogP contribution in [0.25, 0.3) is 0 Å². The number of halogens is 1. The molecule has 0 aromatic heterocycles. The Hall–Kier alpha value is -1.23. The number of rotatable bonds is 5. The molecule has 0 radical (unpaired) electrons. The maximum absolute atomic E-state index is 11.4. The summed E-state index contributed by atoms with van der Waals surface area (Å²) in [6.45, 7) is 4.72. The van der Waals surface area contributed by atoms with Gasteiger partial charge in [0.05, 0.1) is 4.47 Å². The van der Waals surface area contributed by atoms with Crippen LogP contribution >= 0.6 is 15.9 Å². The number of carbonyl (C=O) groups excluding carboxylic acids is 1. The zero-order chi connectivity index (χ0) is 12.8. The SMILES string of the molecule is CC(C)CNC(=O)COc1cccc(N)c1Br. The molecule has 0 saturated heterocycles. The molecule has 0 heterocycles. The van der Waals surface area contributed by atoms with E-state index in [2.05, 4.69) is 21.2 Å². The second-order valence-corrected chi connectivity index (χ2v) is 4.94. The molecule has 1 amide bonds. The van der Waals surface area contributed by atoms with Crippen molar-refractivity contribution in [3.63, 3.8) is 0 Å².